The number of nitrogens with zero attached hydrogens (tertiary/aromatic N) is 3. The maximum Gasteiger partial charge on any atom is 0.243 e. The SMILES string of the molecule is CNc1nc(N)n(CCCOc2ccccc2)n1. The molecular formula is C12H17N5O. The van der Waals surface area contributed by atoms with Crippen LogP contribution in [0, 0.1) is 0 Å². The predicted octanol–water partition coefficient (Wildman–Crippen LogP) is 1.37. The minimum Gasteiger partial charge on any atom is -0.494 e. The second kappa shape index (κ2) is 5.90. The van der Waals surface area contributed by atoms with Crippen LogP contribution in [0.3, 0.4) is 0 Å². The Labute approximate surface area is 106 Å². The molecule has 0 atom stereocenters. The van der Waals surface area contributed by atoms with Gasteiger partial charge in [0.05, 0.1) is 6.61 Å². The Hall–Kier alpha value is -2.24. The van der Waals surface area contributed by atoms with Gasteiger partial charge in [0.25, 0.3) is 0 Å². The number of benzene rings is 1. The fourth-order valence-electron chi connectivity index (χ4n) is 1.55. The molecule has 2 rings (SSSR count). The van der Waals surface area contributed by atoms with E-state index in [1.54, 1.807) is 11.7 Å². The van der Waals surface area contributed by atoms with Gasteiger partial charge in [0.1, 0.15) is 5.75 Å². The van der Waals surface area contributed by atoms with E-state index in [1.807, 2.05) is 30.3 Å². The van der Waals surface area contributed by atoms with Crippen molar-refractivity contribution < 1.29 is 4.74 Å². The zero-order chi connectivity index (χ0) is 12.8. The molecular weight excluding hydrogens is 230 g/mol. The van der Waals surface area contributed by atoms with E-state index in [9.17, 15) is 0 Å². The smallest absolute Gasteiger partial charge is 0.243 e. The lowest BCUT2D eigenvalue weighted by atomic mass is 10.3. The molecule has 1 aromatic heterocycles. The van der Waals surface area contributed by atoms with Gasteiger partial charge >= 0.3 is 0 Å². The fraction of sp³-hybridized carbons (Fsp3) is 0.333. The highest BCUT2D eigenvalue weighted by molar-refractivity contribution is 5.30. The van der Waals surface area contributed by atoms with Gasteiger partial charge in [-0.15, -0.1) is 5.10 Å². The van der Waals surface area contributed by atoms with Crippen molar-refractivity contribution in [2.75, 3.05) is 24.7 Å². The van der Waals surface area contributed by atoms with Gasteiger partial charge in [-0.1, -0.05) is 18.2 Å². The predicted molar refractivity (Wildman–Crippen MR) is 70.5 cm³/mol. The number of nitrogens with one attached hydrogen (secondary N) is 1. The number of aryl methyl sites for hydroxylation is 1. The number of hydrogen-bond acceptors (Lipinski definition) is 5. The highest BCUT2D eigenvalue weighted by Gasteiger charge is 2.04. The molecule has 0 fully saturated rings. The number of anilines is 2. The summed E-state index contributed by atoms with van der Waals surface area (Å²) < 4.78 is 7.25. The molecule has 1 aromatic carbocycles. The first-order valence-electron chi connectivity index (χ1n) is 5.85. The third-order valence-electron chi connectivity index (χ3n) is 2.45. The average Bonchev–Trinajstić information content (AvgIpc) is 2.77. The molecule has 0 aliphatic carbocycles. The van der Waals surface area contributed by atoms with Crippen LogP contribution in [0.2, 0.25) is 0 Å². The molecule has 1 heterocycles. The monoisotopic (exact) mass is 247 g/mol. The summed E-state index contributed by atoms with van der Waals surface area (Å²) in [6, 6.07) is 9.72. The fourth-order valence-corrected chi connectivity index (χ4v) is 1.55. The number of aromatic nitrogens is 3. The Morgan fingerprint density at radius 2 is 2.11 bits per heavy atom. The quantitative estimate of drug-likeness (QED) is 0.754. The van der Waals surface area contributed by atoms with Crippen LogP contribution in [0.1, 0.15) is 6.42 Å². The number of ether oxygens (including phenoxy) is 1. The lowest BCUT2D eigenvalue weighted by molar-refractivity contribution is 0.299. The minimum absolute atomic E-state index is 0.416. The molecule has 96 valence electrons. The molecule has 0 amide bonds. The van der Waals surface area contributed by atoms with Gasteiger partial charge in [-0.25, -0.2) is 4.68 Å². The van der Waals surface area contributed by atoms with E-state index in [1.165, 1.54) is 0 Å². The Kier molecular flexibility index (Phi) is 4.01. The van der Waals surface area contributed by atoms with Crippen molar-refractivity contribution in [3.63, 3.8) is 0 Å². The number of nitrogens with two attached hydrogens (primary N) is 1. The second-order valence-electron chi connectivity index (χ2n) is 3.78. The summed E-state index contributed by atoms with van der Waals surface area (Å²) in [4.78, 5) is 4.04. The molecule has 18 heavy (non-hydrogen) atoms. The van der Waals surface area contributed by atoms with E-state index in [2.05, 4.69) is 15.4 Å². The molecule has 0 saturated carbocycles. The Balaban J connectivity index is 1.76. The Morgan fingerprint density at radius 1 is 1.33 bits per heavy atom. The summed E-state index contributed by atoms with van der Waals surface area (Å²) in [5.74, 6) is 1.83. The van der Waals surface area contributed by atoms with Crippen LogP contribution in [0.25, 0.3) is 0 Å². The maximum absolute atomic E-state index is 5.72. The molecule has 3 N–H and O–H groups in total. The van der Waals surface area contributed by atoms with Crippen molar-refractivity contribution in [3.05, 3.63) is 30.3 Å². The summed E-state index contributed by atoms with van der Waals surface area (Å²) >= 11 is 0. The van der Waals surface area contributed by atoms with E-state index in [-0.39, 0.29) is 0 Å². The molecule has 6 heteroatoms. The van der Waals surface area contributed by atoms with E-state index < -0.39 is 0 Å². The molecule has 0 bridgehead atoms. The standard InChI is InChI=1S/C12H17N5O/c1-14-12-15-11(13)17(16-12)8-5-9-18-10-6-3-2-4-7-10/h2-4,6-7H,5,8-9H2,1H3,(H3,13,14,15,16). The number of rotatable bonds is 6. The van der Waals surface area contributed by atoms with Crippen LogP contribution < -0.4 is 15.8 Å². The molecule has 0 spiro atoms. The van der Waals surface area contributed by atoms with Gasteiger partial charge in [0, 0.05) is 20.0 Å². The van der Waals surface area contributed by atoms with Gasteiger partial charge in [-0.2, -0.15) is 4.98 Å². The van der Waals surface area contributed by atoms with E-state index in [4.69, 9.17) is 10.5 Å². The van der Waals surface area contributed by atoms with Crippen molar-refractivity contribution in [3.8, 4) is 5.75 Å². The average molecular weight is 247 g/mol. The van der Waals surface area contributed by atoms with Crippen molar-refractivity contribution in [2.24, 2.45) is 0 Å². The van der Waals surface area contributed by atoms with Crippen molar-refractivity contribution in [1.29, 1.82) is 0 Å². The van der Waals surface area contributed by atoms with Gasteiger partial charge in [-0.05, 0) is 12.1 Å². The summed E-state index contributed by atoms with van der Waals surface area (Å²) in [6.45, 7) is 1.31. The maximum atomic E-state index is 5.72. The number of hydrogen-bond donors (Lipinski definition) is 2. The summed E-state index contributed by atoms with van der Waals surface area (Å²) in [5.41, 5.74) is 5.72. The van der Waals surface area contributed by atoms with Crippen LogP contribution in [0.4, 0.5) is 11.9 Å². The van der Waals surface area contributed by atoms with Gasteiger partial charge in [0.2, 0.25) is 11.9 Å². The van der Waals surface area contributed by atoms with Crippen molar-refractivity contribution in [2.45, 2.75) is 13.0 Å². The normalized spacial score (nSPS) is 10.3. The summed E-state index contributed by atoms with van der Waals surface area (Å²) in [7, 11) is 1.76. The first-order chi connectivity index (χ1) is 8.79. The number of para-hydroxylation sites is 1. The van der Waals surface area contributed by atoms with Gasteiger partial charge in [0.15, 0.2) is 0 Å². The first-order valence-corrected chi connectivity index (χ1v) is 5.85. The lowest BCUT2D eigenvalue weighted by Gasteiger charge is -2.06. The van der Waals surface area contributed by atoms with Gasteiger partial charge in [-0.3, -0.25) is 0 Å². The van der Waals surface area contributed by atoms with Crippen LogP contribution in [0.5, 0.6) is 5.75 Å². The zero-order valence-electron chi connectivity index (χ0n) is 10.3. The molecule has 0 saturated heterocycles. The molecule has 0 unspecified atom stereocenters. The third-order valence-corrected chi connectivity index (χ3v) is 2.45. The van der Waals surface area contributed by atoms with Crippen molar-refractivity contribution >= 4 is 11.9 Å². The summed E-state index contributed by atoms with van der Waals surface area (Å²) in [6.07, 6.45) is 0.825. The highest BCUT2D eigenvalue weighted by atomic mass is 16.5. The topological polar surface area (TPSA) is 78.0 Å². The van der Waals surface area contributed by atoms with Crippen LogP contribution in [0.15, 0.2) is 30.3 Å². The molecule has 0 radical (unpaired) electrons. The number of nitrogen functional groups attached to an aromatic ring is 1. The molecule has 6 nitrogen and oxygen atoms in total. The van der Waals surface area contributed by atoms with Crippen molar-refractivity contribution in [1.82, 2.24) is 14.8 Å². The van der Waals surface area contributed by atoms with E-state index in [0.717, 1.165) is 12.2 Å². The van der Waals surface area contributed by atoms with Crippen LogP contribution in [-0.4, -0.2) is 28.4 Å². The Bertz CT molecular complexity index is 482. The third kappa shape index (κ3) is 3.13. The summed E-state index contributed by atoms with van der Waals surface area (Å²) in [5, 5.41) is 7.04. The minimum atomic E-state index is 0.416. The molecule has 0 aliphatic rings. The Morgan fingerprint density at radius 3 is 2.78 bits per heavy atom. The van der Waals surface area contributed by atoms with E-state index >= 15 is 0 Å². The lowest BCUT2D eigenvalue weighted by Crippen LogP contribution is -2.08. The molecule has 0 aliphatic heterocycles. The highest BCUT2D eigenvalue weighted by Crippen LogP contribution is 2.09. The first kappa shape index (κ1) is 12.2. The van der Waals surface area contributed by atoms with Gasteiger partial charge < -0.3 is 15.8 Å². The van der Waals surface area contributed by atoms with Crippen LogP contribution >= 0.6 is 0 Å². The second-order valence-corrected chi connectivity index (χ2v) is 3.78. The largest absolute Gasteiger partial charge is 0.494 e. The molecule has 2 aromatic rings. The van der Waals surface area contributed by atoms with E-state index in [0.29, 0.717) is 25.0 Å². The van der Waals surface area contributed by atoms with Crippen LogP contribution in [-0.2, 0) is 6.54 Å². The zero-order valence-corrected chi connectivity index (χ0v) is 10.3.